The van der Waals surface area contributed by atoms with E-state index in [9.17, 15) is 19.5 Å². The molecule has 0 saturated carbocycles. The van der Waals surface area contributed by atoms with Crippen LogP contribution in [0.2, 0.25) is 0 Å². The van der Waals surface area contributed by atoms with Crippen LogP contribution in [-0.4, -0.2) is 94.3 Å². The number of aromatic nitrogens is 3. The molecule has 2 unspecified atom stereocenters. The second-order valence-corrected chi connectivity index (χ2v) is 14.6. The van der Waals surface area contributed by atoms with Gasteiger partial charge in [0, 0.05) is 24.9 Å². The summed E-state index contributed by atoms with van der Waals surface area (Å²) < 4.78 is 0.893. The molecular weight excluding hydrogens is 613 g/mol. The topological polar surface area (TPSA) is 112 Å². The smallest absolute Gasteiger partial charge is 0.248 e. The molecule has 1 aromatic heterocycles. The Bertz CT molecular complexity index is 1650. The van der Waals surface area contributed by atoms with Gasteiger partial charge in [-0.3, -0.25) is 14.4 Å². The molecule has 47 heavy (non-hydrogen) atoms. The van der Waals surface area contributed by atoms with Crippen LogP contribution in [0.1, 0.15) is 38.7 Å². The number of para-hydroxylation sites is 1. The molecule has 3 aliphatic rings. The molecule has 10 nitrogen and oxygen atoms in total. The van der Waals surface area contributed by atoms with E-state index in [1.54, 1.807) is 43.3 Å². The molecule has 4 heterocycles. The standard InChI is InChI=1S/C36H44N6O4S/c1-5-19-39(21-25-13-9-8-10-14-25)33(44)30-29-17-18-36(47-29)31(30)34(45)42(28(22-43)24(4)7-3)32(36)35(46)40(20-6-2)23-41-27-16-12-11-15-26(27)37-38-41/h5-6,8-16,24,28-32,43H,1-2,7,17-23H2,3-4H3/t24-,28-,29+,30-,31-,32?,36?/m0/s1. The summed E-state index contributed by atoms with van der Waals surface area (Å²) in [4.78, 5) is 49.4. The fourth-order valence-electron chi connectivity index (χ4n) is 7.96. The highest BCUT2D eigenvalue weighted by atomic mass is 32.2. The van der Waals surface area contributed by atoms with Crippen molar-refractivity contribution < 1.29 is 19.5 Å². The zero-order valence-corrected chi connectivity index (χ0v) is 28.0. The number of carbonyl (C=O) groups excluding carboxylic acids is 3. The summed E-state index contributed by atoms with van der Waals surface area (Å²) in [5.74, 6) is -1.83. The molecule has 6 rings (SSSR count). The molecule has 1 N–H and O–H groups in total. The highest BCUT2D eigenvalue weighted by molar-refractivity contribution is 8.02. The van der Waals surface area contributed by atoms with Gasteiger partial charge in [0.1, 0.15) is 18.2 Å². The average molecular weight is 657 g/mol. The number of carbonyl (C=O) groups is 3. The number of aliphatic hydroxyl groups excluding tert-OH is 1. The van der Waals surface area contributed by atoms with Gasteiger partial charge in [0.05, 0.1) is 34.7 Å². The Morgan fingerprint density at radius 3 is 2.49 bits per heavy atom. The maximum Gasteiger partial charge on any atom is 0.248 e. The minimum atomic E-state index is -0.851. The van der Waals surface area contributed by atoms with Crippen molar-refractivity contribution in [3.8, 4) is 0 Å². The maximum atomic E-state index is 15.0. The van der Waals surface area contributed by atoms with Gasteiger partial charge in [-0.25, -0.2) is 4.68 Å². The van der Waals surface area contributed by atoms with Crippen molar-refractivity contribution in [2.45, 2.75) is 68.4 Å². The quantitative estimate of drug-likeness (QED) is 0.260. The van der Waals surface area contributed by atoms with Crippen LogP contribution in [0.4, 0.5) is 0 Å². The number of rotatable bonds is 14. The van der Waals surface area contributed by atoms with E-state index in [0.717, 1.165) is 29.4 Å². The number of hydrogen-bond acceptors (Lipinski definition) is 7. The summed E-state index contributed by atoms with van der Waals surface area (Å²) in [6.07, 6.45) is 5.49. The van der Waals surface area contributed by atoms with E-state index in [-0.39, 0.29) is 48.7 Å². The van der Waals surface area contributed by atoms with E-state index in [1.165, 1.54) is 0 Å². The van der Waals surface area contributed by atoms with Crippen molar-refractivity contribution in [2.24, 2.45) is 17.8 Å². The normalized spacial score (nSPS) is 25.9. The van der Waals surface area contributed by atoms with Crippen LogP contribution in [0.15, 0.2) is 79.9 Å². The van der Waals surface area contributed by atoms with Crippen molar-refractivity contribution in [2.75, 3.05) is 19.7 Å². The first-order chi connectivity index (χ1) is 22.8. The Morgan fingerprint density at radius 2 is 1.79 bits per heavy atom. The SMILES string of the molecule is C=CCN(Cn1nnc2ccccc21)C(=O)C1N([C@@H](CO)[C@@H](C)CC)C(=O)[C@@H]2[C@@H](C(=O)N(CC=C)Cc3ccccc3)[C@H]3CCC12S3. The first kappa shape index (κ1) is 33.0. The lowest BCUT2D eigenvalue weighted by Crippen LogP contribution is -2.58. The van der Waals surface area contributed by atoms with E-state index in [1.807, 2.05) is 68.4 Å². The number of likely N-dealkylation sites (tertiary alicyclic amines) is 1. The number of benzene rings is 2. The minimum Gasteiger partial charge on any atom is -0.394 e. The lowest BCUT2D eigenvalue weighted by molar-refractivity contribution is -0.148. The monoisotopic (exact) mass is 656 g/mol. The van der Waals surface area contributed by atoms with Crippen LogP contribution < -0.4 is 0 Å². The summed E-state index contributed by atoms with van der Waals surface area (Å²) in [5, 5.41) is 19.3. The number of nitrogens with zero attached hydrogens (tertiary/aromatic N) is 6. The lowest BCUT2D eigenvalue weighted by Gasteiger charge is -2.41. The van der Waals surface area contributed by atoms with E-state index < -0.39 is 28.7 Å². The molecule has 0 aliphatic carbocycles. The van der Waals surface area contributed by atoms with Crippen molar-refractivity contribution in [3.63, 3.8) is 0 Å². The molecule has 11 heteroatoms. The third-order valence-corrected chi connectivity index (χ3v) is 12.3. The molecule has 248 valence electrons. The van der Waals surface area contributed by atoms with Gasteiger partial charge in [-0.05, 0) is 36.5 Å². The van der Waals surface area contributed by atoms with Gasteiger partial charge >= 0.3 is 0 Å². The van der Waals surface area contributed by atoms with Crippen LogP contribution >= 0.6 is 11.8 Å². The zero-order valence-electron chi connectivity index (χ0n) is 27.1. The molecule has 2 aromatic carbocycles. The fraction of sp³-hybridized carbons (Fsp3) is 0.472. The number of amides is 3. The Hall–Kier alpha value is -3.96. The third kappa shape index (κ3) is 5.67. The van der Waals surface area contributed by atoms with Gasteiger partial charge in [-0.15, -0.1) is 30.0 Å². The van der Waals surface area contributed by atoms with Crippen molar-refractivity contribution >= 4 is 40.5 Å². The second-order valence-electron chi connectivity index (χ2n) is 13.0. The Morgan fingerprint density at radius 1 is 1.09 bits per heavy atom. The van der Waals surface area contributed by atoms with Crippen molar-refractivity contribution in [1.82, 2.24) is 29.7 Å². The molecule has 3 aromatic rings. The molecule has 0 radical (unpaired) electrons. The lowest BCUT2D eigenvalue weighted by atomic mass is 9.70. The summed E-state index contributed by atoms with van der Waals surface area (Å²) in [7, 11) is 0. The average Bonchev–Trinajstić information content (AvgIpc) is 3.84. The summed E-state index contributed by atoms with van der Waals surface area (Å²) >= 11 is 1.64. The Balaban J connectivity index is 1.39. The number of thioether (sulfide) groups is 1. The number of fused-ring (bicyclic) bond motifs is 2. The van der Waals surface area contributed by atoms with E-state index in [2.05, 4.69) is 23.5 Å². The molecular formula is C36H44N6O4S. The van der Waals surface area contributed by atoms with E-state index in [0.29, 0.717) is 19.5 Å². The van der Waals surface area contributed by atoms with Crippen molar-refractivity contribution in [1.29, 1.82) is 0 Å². The zero-order chi connectivity index (χ0) is 33.3. The predicted octanol–water partition coefficient (Wildman–Crippen LogP) is 4.12. The summed E-state index contributed by atoms with van der Waals surface area (Å²) in [6.45, 7) is 12.7. The second kappa shape index (κ2) is 13.6. The highest BCUT2D eigenvalue weighted by Crippen LogP contribution is 2.67. The predicted molar refractivity (Wildman–Crippen MR) is 183 cm³/mol. The molecule has 7 atom stereocenters. The molecule has 2 bridgehead atoms. The summed E-state index contributed by atoms with van der Waals surface area (Å²) in [6, 6.07) is 16.0. The Kier molecular flexibility index (Phi) is 9.57. The third-order valence-electron chi connectivity index (χ3n) is 10.4. The van der Waals surface area contributed by atoms with Gasteiger partial charge in [0.15, 0.2) is 0 Å². The maximum absolute atomic E-state index is 15.0. The molecule has 3 saturated heterocycles. The Labute approximate surface area is 280 Å². The summed E-state index contributed by atoms with van der Waals surface area (Å²) in [5.41, 5.74) is 2.51. The van der Waals surface area contributed by atoms with Crippen molar-refractivity contribution in [3.05, 3.63) is 85.5 Å². The minimum absolute atomic E-state index is 0.0618. The van der Waals surface area contributed by atoms with Gasteiger partial charge in [0.2, 0.25) is 17.7 Å². The first-order valence-electron chi connectivity index (χ1n) is 16.5. The largest absolute Gasteiger partial charge is 0.394 e. The van der Waals surface area contributed by atoms with E-state index in [4.69, 9.17) is 0 Å². The van der Waals surface area contributed by atoms with Gasteiger partial charge in [0.25, 0.3) is 0 Å². The van der Waals surface area contributed by atoms with Gasteiger partial charge in [-0.2, -0.15) is 0 Å². The van der Waals surface area contributed by atoms with Gasteiger partial charge < -0.3 is 19.8 Å². The fourth-order valence-corrected chi connectivity index (χ4v) is 10.1. The van der Waals surface area contributed by atoms with Gasteiger partial charge in [-0.1, -0.05) is 80.1 Å². The van der Waals surface area contributed by atoms with E-state index >= 15 is 0 Å². The molecule has 1 spiro atoms. The van der Waals surface area contributed by atoms with Crippen LogP contribution in [0, 0.1) is 17.8 Å². The first-order valence-corrected chi connectivity index (χ1v) is 17.4. The number of aliphatic hydroxyl groups is 1. The molecule has 3 fully saturated rings. The van der Waals surface area contributed by atoms with Crippen LogP contribution in [-0.2, 0) is 27.6 Å². The molecule has 3 amide bonds. The van der Waals surface area contributed by atoms with Crippen LogP contribution in [0.5, 0.6) is 0 Å². The molecule has 3 aliphatic heterocycles. The van der Waals surface area contributed by atoms with Crippen LogP contribution in [0.3, 0.4) is 0 Å². The highest BCUT2D eigenvalue weighted by Gasteiger charge is 2.74. The number of hydrogen-bond donors (Lipinski definition) is 1. The van der Waals surface area contributed by atoms with Crippen LogP contribution in [0.25, 0.3) is 11.0 Å².